The third kappa shape index (κ3) is 8.24. The Morgan fingerprint density at radius 3 is 2.50 bits per heavy atom. The minimum absolute atomic E-state index is 0.259. The van der Waals surface area contributed by atoms with Crippen molar-refractivity contribution in [1.82, 2.24) is 15.1 Å². The zero-order valence-electron chi connectivity index (χ0n) is 16.8. The van der Waals surface area contributed by atoms with Gasteiger partial charge >= 0.3 is 6.18 Å². The summed E-state index contributed by atoms with van der Waals surface area (Å²) < 4.78 is 37.4. The van der Waals surface area contributed by atoms with Crippen molar-refractivity contribution in [3.05, 3.63) is 0 Å². The summed E-state index contributed by atoms with van der Waals surface area (Å²) in [6.45, 7) is 5.38. The number of rotatable bonds is 7. The third-order valence-corrected chi connectivity index (χ3v) is 5.55. The van der Waals surface area contributed by atoms with Gasteiger partial charge in [-0.2, -0.15) is 13.2 Å². The molecule has 3 N–H and O–H groups in total. The average Bonchev–Trinajstić information content (AvgIpc) is 2.61. The SMILES string of the molecule is CCNC(=NCCC1CCN(CC(F)(F)F)CC1)N1CCCC(CC(N)=O)C1. The predicted molar refractivity (Wildman–Crippen MR) is 104 cm³/mol. The summed E-state index contributed by atoms with van der Waals surface area (Å²) in [5.74, 6) is 1.31. The first-order chi connectivity index (χ1) is 13.3. The van der Waals surface area contributed by atoms with E-state index in [1.165, 1.54) is 4.90 Å². The van der Waals surface area contributed by atoms with E-state index in [4.69, 9.17) is 10.7 Å². The number of primary amides is 1. The van der Waals surface area contributed by atoms with E-state index >= 15 is 0 Å². The Kier molecular flexibility index (Phi) is 8.85. The number of carbonyl (C=O) groups excluding carboxylic acids is 1. The summed E-state index contributed by atoms with van der Waals surface area (Å²) in [7, 11) is 0. The molecule has 2 aliphatic heterocycles. The third-order valence-electron chi connectivity index (χ3n) is 5.55. The predicted octanol–water partition coefficient (Wildman–Crippen LogP) is 2.20. The van der Waals surface area contributed by atoms with Crippen molar-refractivity contribution < 1.29 is 18.0 Å². The molecule has 162 valence electrons. The van der Waals surface area contributed by atoms with Crippen LogP contribution < -0.4 is 11.1 Å². The number of aliphatic imine (C=N–C) groups is 1. The standard InChI is InChI=1S/C19H34F3N5O/c1-2-24-18(27-9-3-4-16(13-27)12-17(23)28)25-8-5-15-6-10-26(11-7-15)14-19(20,21)22/h15-16H,2-14H2,1H3,(H2,23,28)(H,24,25). The van der Waals surface area contributed by atoms with Crippen LogP contribution in [0.3, 0.4) is 0 Å². The molecule has 0 saturated carbocycles. The maximum absolute atomic E-state index is 12.5. The largest absolute Gasteiger partial charge is 0.401 e. The monoisotopic (exact) mass is 405 g/mol. The summed E-state index contributed by atoms with van der Waals surface area (Å²) in [6, 6.07) is 0. The van der Waals surface area contributed by atoms with Crippen LogP contribution in [-0.4, -0.2) is 73.7 Å². The molecule has 2 saturated heterocycles. The number of guanidine groups is 1. The lowest BCUT2D eigenvalue weighted by atomic mass is 9.93. The molecule has 2 heterocycles. The first kappa shape index (κ1) is 22.8. The number of nitrogens with one attached hydrogen (secondary N) is 1. The molecule has 0 radical (unpaired) electrons. The fourth-order valence-corrected chi connectivity index (χ4v) is 4.17. The van der Waals surface area contributed by atoms with Crippen LogP contribution >= 0.6 is 0 Å². The van der Waals surface area contributed by atoms with Gasteiger partial charge in [0.1, 0.15) is 0 Å². The van der Waals surface area contributed by atoms with Crippen LogP contribution in [-0.2, 0) is 4.79 Å². The number of alkyl halides is 3. The molecule has 1 atom stereocenters. The number of nitrogens with two attached hydrogens (primary N) is 1. The molecule has 1 amide bonds. The molecule has 0 aliphatic carbocycles. The van der Waals surface area contributed by atoms with Gasteiger partial charge in [-0.15, -0.1) is 0 Å². The average molecular weight is 406 g/mol. The van der Waals surface area contributed by atoms with Crippen LogP contribution in [0.5, 0.6) is 0 Å². The second-order valence-corrected chi connectivity index (χ2v) is 7.98. The lowest BCUT2D eigenvalue weighted by Gasteiger charge is -2.35. The van der Waals surface area contributed by atoms with Crippen molar-refractivity contribution in [1.29, 1.82) is 0 Å². The number of nitrogens with zero attached hydrogens (tertiary/aromatic N) is 3. The second kappa shape index (κ2) is 10.9. The van der Waals surface area contributed by atoms with E-state index in [1.807, 2.05) is 6.92 Å². The van der Waals surface area contributed by atoms with E-state index < -0.39 is 12.7 Å². The Morgan fingerprint density at radius 1 is 1.18 bits per heavy atom. The maximum atomic E-state index is 12.5. The highest BCUT2D eigenvalue weighted by molar-refractivity contribution is 5.80. The molecule has 2 fully saturated rings. The molecule has 0 aromatic heterocycles. The van der Waals surface area contributed by atoms with Gasteiger partial charge < -0.3 is 16.0 Å². The quantitative estimate of drug-likeness (QED) is 0.503. The van der Waals surface area contributed by atoms with E-state index in [2.05, 4.69) is 10.2 Å². The Morgan fingerprint density at radius 2 is 1.89 bits per heavy atom. The van der Waals surface area contributed by atoms with E-state index in [1.54, 1.807) is 0 Å². The van der Waals surface area contributed by atoms with Crippen molar-refractivity contribution in [2.24, 2.45) is 22.6 Å². The number of carbonyl (C=O) groups is 1. The summed E-state index contributed by atoms with van der Waals surface area (Å²) >= 11 is 0. The van der Waals surface area contributed by atoms with Crippen LogP contribution in [0.15, 0.2) is 4.99 Å². The summed E-state index contributed by atoms with van der Waals surface area (Å²) in [5.41, 5.74) is 5.34. The second-order valence-electron chi connectivity index (χ2n) is 7.98. The number of likely N-dealkylation sites (tertiary alicyclic amines) is 2. The minimum Gasteiger partial charge on any atom is -0.370 e. The van der Waals surface area contributed by atoms with Crippen molar-refractivity contribution >= 4 is 11.9 Å². The van der Waals surface area contributed by atoms with Gasteiger partial charge in [0.2, 0.25) is 5.91 Å². The van der Waals surface area contributed by atoms with Gasteiger partial charge in [0.05, 0.1) is 6.54 Å². The molecular formula is C19H34F3N5O. The van der Waals surface area contributed by atoms with E-state index in [0.29, 0.717) is 32.0 Å². The first-order valence-electron chi connectivity index (χ1n) is 10.4. The molecule has 2 rings (SSSR count). The molecule has 0 spiro atoms. The van der Waals surface area contributed by atoms with Crippen LogP contribution in [0.25, 0.3) is 0 Å². The van der Waals surface area contributed by atoms with Gasteiger partial charge in [0, 0.05) is 32.6 Å². The van der Waals surface area contributed by atoms with Crippen molar-refractivity contribution in [2.75, 3.05) is 45.8 Å². The Labute approximate surface area is 165 Å². The summed E-state index contributed by atoms with van der Waals surface area (Å²) in [6.07, 6.45) is 0.812. The molecule has 0 aromatic rings. The van der Waals surface area contributed by atoms with E-state index in [9.17, 15) is 18.0 Å². The fourth-order valence-electron chi connectivity index (χ4n) is 4.17. The highest BCUT2D eigenvalue weighted by Gasteiger charge is 2.32. The smallest absolute Gasteiger partial charge is 0.370 e. The van der Waals surface area contributed by atoms with E-state index in [-0.39, 0.29) is 11.8 Å². The van der Waals surface area contributed by atoms with Crippen molar-refractivity contribution in [3.8, 4) is 0 Å². The van der Waals surface area contributed by atoms with Gasteiger partial charge in [0.25, 0.3) is 0 Å². The van der Waals surface area contributed by atoms with Gasteiger partial charge in [-0.05, 0) is 64.0 Å². The maximum Gasteiger partial charge on any atom is 0.401 e. The number of halogens is 3. The van der Waals surface area contributed by atoms with Crippen LogP contribution in [0, 0.1) is 11.8 Å². The number of hydrogen-bond acceptors (Lipinski definition) is 3. The zero-order valence-corrected chi connectivity index (χ0v) is 16.8. The molecule has 6 nitrogen and oxygen atoms in total. The first-order valence-corrected chi connectivity index (χ1v) is 10.4. The summed E-state index contributed by atoms with van der Waals surface area (Å²) in [5, 5.41) is 3.32. The van der Waals surface area contributed by atoms with Crippen LogP contribution in [0.2, 0.25) is 0 Å². The van der Waals surface area contributed by atoms with Gasteiger partial charge in [0.15, 0.2) is 5.96 Å². The van der Waals surface area contributed by atoms with E-state index in [0.717, 1.165) is 57.7 Å². The fraction of sp³-hybridized carbons (Fsp3) is 0.895. The highest BCUT2D eigenvalue weighted by Crippen LogP contribution is 2.24. The van der Waals surface area contributed by atoms with Crippen LogP contribution in [0.4, 0.5) is 13.2 Å². The Bertz CT molecular complexity index is 518. The topological polar surface area (TPSA) is 74.0 Å². The minimum atomic E-state index is -4.11. The van der Waals surface area contributed by atoms with Crippen LogP contribution in [0.1, 0.15) is 45.4 Å². The molecule has 2 aliphatic rings. The Hall–Kier alpha value is -1.51. The van der Waals surface area contributed by atoms with Gasteiger partial charge in [-0.1, -0.05) is 0 Å². The number of hydrogen-bond donors (Lipinski definition) is 2. The van der Waals surface area contributed by atoms with Crippen molar-refractivity contribution in [3.63, 3.8) is 0 Å². The lowest BCUT2D eigenvalue weighted by Crippen LogP contribution is -2.47. The molecule has 9 heteroatoms. The van der Waals surface area contributed by atoms with Gasteiger partial charge in [-0.3, -0.25) is 14.7 Å². The number of piperidine rings is 2. The van der Waals surface area contributed by atoms with Crippen molar-refractivity contribution in [2.45, 2.75) is 51.6 Å². The lowest BCUT2D eigenvalue weighted by molar-refractivity contribution is -0.148. The summed E-state index contributed by atoms with van der Waals surface area (Å²) in [4.78, 5) is 19.7. The molecular weight excluding hydrogens is 371 g/mol. The zero-order chi connectivity index (χ0) is 20.6. The number of amides is 1. The molecule has 0 aromatic carbocycles. The normalized spacial score (nSPS) is 23.1. The molecule has 0 bridgehead atoms. The molecule has 1 unspecified atom stereocenters. The Balaban J connectivity index is 1.79. The highest BCUT2D eigenvalue weighted by atomic mass is 19.4. The van der Waals surface area contributed by atoms with Gasteiger partial charge in [-0.25, -0.2) is 0 Å². The molecule has 28 heavy (non-hydrogen) atoms.